The van der Waals surface area contributed by atoms with Crippen LogP contribution in [0.5, 0.6) is 11.5 Å². The van der Waals surface area contributed by atoms with Crippen LogP contribution >= 0.6 is 24.0 Å². The van der Waals surface area contributed by atoms with Crippen molar-refractivity contribution in [1.82, 2.24) is 5.01 Å². The normalized spacial score (nSPS) is 15.3. The molecule has 1 aliphatic heterocycles. The summed E-state index contributed by atoms with van der Waals surface area (Å²) >= 11 is 6.42. The first-order valence-corrected chi connectivity index (χ1v) is 9.60. The second-order valence-corrected chi connectivity index (χ2v) is 7.41. The monoisotopic (exact) mass is 428 g/mol. The molecule has 0 radical (unpaired) electrons. The molecule has 1 amide bonds. The van der Waals surface area contributed by atoms with Gasteiger partial charge in [-0.05, 0) is 48.1 Å². The molecule has 29 heavy (non-hydrogen) atoms. The predicted molar refractivity (Wildman–Crippen MR) is 115 cm³/mol. The maximum absolute atomic E-state index is 12.7. The lowest BCUT2D eigenvalue weighted by molar-refractivity contribution is -0.139. The van der Waals surface area contributed by atoms with E-state index in [0.29, 0.717) is 20.5 Å². The summed E-state index contributed by atoms with van der Waals surface area (Å²) in [6, 6.07) is 14.1. The van der Waals surface area contributed by atoms with Crippen LogP contribution in [0, 0.1) is 0 Å². The molecule has 1 heterocycles. The minimum absolute atomic E-state index is 0.301. The number of thioether (sulfide) groups is 1. The lowest BCUT2D eigenvalue weighted by Crippen LogP contribution is -2.22. The van der Waals surface area contributed by atoms with Crippen LogP contribution in [0.15, 0.2) is 58.5 Å². The molecule has 0 unspecified atom stereocenters. The SMILES string of the molecule is COc1ccc(C=C2SC(=S)N(N=Cc3ccccc3OCC(=O)O)C2=O)cc1. The van der Waals surface area contributed by atoms with Gasteiger partial charge in [-0.25, -0.2) is 4.79 Å². The van der Waals surface area contributed by atoms with E-state index in [-0.39, 0.29) is 5.91 Å². The van der Waals surface area contributed by atoms with Crippen LogP contribution < -0.4 is 9.47 Å². The molecule has 148 valence electrons. The largest absolute Gasteiger partial charge is 0.497 e. The molecule has 0 saturated carbocycles. The van der Waals surface area contributed by atoms with E-state index < -0.39 is 12.6 Å². The molecular weight excluding hydrogens is 412 g/mol. The van der Waals surface area contributed by atoms with Gasteiger partial charge in [0.05, 0.1) is 18.2 Å². The number of ether oxygens (including phenoxy) is 2. The number of rotatable bonds is 7. The summed E-state index contributed by atoms with van der Waals surface area (Å²) in [7, 11) is 1.59. The van der Waals surface area contributed by atoms with Gasteiger partial charge in [0.25, 0.3) is 5.91 Å². The fraction of sp³-hybridized carbons (Fsp3) is 0.100. The third-order valence-corrected chi connectivity index (χ3v) is 5.05. The molecule has 1 fully saturated rings. The lowest BCUT2D eigenvalue weighted by Gasteiger charge is -2.09. The number of para-hydroxylation sites is 1. The molecule has 0 bridgehead atoms. The maximum Gasteiger partial charge on any atom is 0.341 e. The predicted octanol–water partition coefficient (Wildman–Crippen LogP) is 3.39. The molecule has 0 aromatic heterocycles. The fourth-order valence-electron chi connectivity index (χ4n) is 2.39. The summed E-state index contributed by atoms with van der Waals surface area (Å²) in [6.45, 7) is -0.476. The zero-order valence-electron chi connectivity index (χ0n) is 15.3. The van der Waals surface area contributed by atoms with Crippen LogP contribution in [0.3, 0.4) is 0 Å². The zero-order chi connectivity index (χ0) is 20.8. The van der Waals surface area contributed by atoms with E-state index in [1.54, 1.807) is 49.6 Å². The third kappa shape index (κ3) is 5.21. The molecule has 1 aliphatic rings. The van der Waals surface area contributed by atoms with Crippen LogP contribution in [0.2, 0.25) is 0 Å². The summed E-state index contributed by atoms with van der Waals surface area (Å²) in [5, 5.41) is 14.1. The first kappa shape index (κ1) is 20.6. The minimum atomic E-state index is -1.09. The van der Waals surface area contributed by atoms with Crippen LogP contribution in [-0.2, 0) is 9.59 Å². The van der Waals surface area contributed by atoms with Gasteiger partial charge < -0.3 is 14.6 Å². The van der Waals surface area contributed by atoms with Crippen molar-refractivity contribution in [1.29, 1.82) is 0 Å². The quantitative estimate of drug-likeness (QED) is 0.411. The number of hydrogen-bond acceptors (Lipinski definition) is 7. The highest BCUT2D eigenvalue weighted by molar-refractivity contribution is 8.26. The number of aliphatic carboxylic acids is 1. The van der Waals surface area contributed by atoms with Gasteiger partial charge in [0, 0.05) is 5.56 Å². The van der Waals surface area contributed by atoms with Crippen LogP contribution in [0.1, 0.15) is 11.1 Å². The second kappa shape index (κ2) is 9.35. The van der Waals surface area contributed by atoms with Gasteiger partial charge in [0.1, 0.15) is 11.5 Å². The Morgan fingerprint density at radius 2 is 1.97 bits per heavy atom. The van der Waals surface area contributed by atoms with E-state index in [9.17, 15) is 9.59 Å². The van der Waals surface area contributed by atoms with Gasteiger partial charge in [-0.15, -0.1) is 0 Å². The number of nitrogens with zero attached hydrogens (tertiary/aromatic N) is 2. The molecule has 2 aromatic rings. The highest BCUT2D eigenvalue weighted by atomic mass is 32.2. The number of benzene rings is 2. The van der Waals surface area contributed by atoms with E-state index in [0.717, 1.165) is 28.1 Å². The van der Waals surface area contributed by atoms with Crippen molar-refractivity contribution in [2.75, 3.05) is 13.7 Å². The first-order chi connectivity index (χ1) is 14.0. The number of carbonyl (C=O) groups excluding carboxylic acids is 1. The standard InChI is InChI=1S/C20H16N2O5S2/c1-26-15-8-6-13(7-9-15)10-17-19(25)22(20(28)29-17)21-11-14-4-2-3-5-16(14)27-12-18(23)24/h2-11H,12H2,1H3,(H,23,24). The van der Waals surface area contributed by atoms with Crippen molar-refractivity contribution in [3.63, 3.8) is 0 Å². The van der Waals surface area contributed by atoms with Crippen molar-refractivity contribution in [2.45, 2.75) is 0 Å². The van der Waals surface area contributed by atoms with E-state index in [1.165, 1.54) is 6.21 Å². The molecule has 0 spiro atoms. The van der Waals surface area contributed by atoms with Crippen LogP contribution in [0.25, 0.3) is 6.08 Å². The molecule has 3 rings (SSSR count). The van der Waals surface area contributed by atoms with E-state index >= 15 is 0 Å². The second-order valence-electron chi connectivity index (χ2n) is 5.73. The zero-order valence-corrected chi connectivity index (χ0v) is 16.9. The summed E-state index contributed by atoms with van der Waals surface area (Å²) in [6.07, 6.45) is 3.15. The van der Waals surface area contributed by atoms with Crippen molar-refractivity contribution < 1.29 is 24.2 Å². The molecular formula is C20H16N2O5S2. The summed E-state index contributed by atoms with van der Waals surface area (Å²) < 4.78 is 10.7. The highest BCUT2D eigenvalue weighted by Gasteiger charge is 2.32. The third-order valence-electron chi connectivity index (χ3n) is 3.77. The smallest absolute Gasteiger partial charge is 0.341 e. The summed E-state index contributed by atoms with van der Waals surface area (Å²) in [5.41, 5.74) is 1.37. The van der Waals surface area contributed by atoms with Crippen molar-refractivity contribution in [3.8, 4) is 11.5 Å². The molecule has 0 atom stereocenters. The van der Waals surface area contributed by atoms with Gasteiger partial charge in [-0.3, -0.25) is 4.79 Å². The maximum atomic E-state index is 12.7. The Bertz CT molecular complexity index is 1000. The number of hydrogen-bond donors (Lipinski definition) is 1. The van der Waals surface area contributed by atoms with Crippen molar-refractivity contribution >= 4 is 52.5 Å². The molecule has 1 saturated heterocycles. The van der Waals surface area contributed by atoms with E-state index in [2.05, 4.69) is 5.10 Å². The van der Waals surface area contributed by atoms with Gasteiger partial charge in [-0.1, -0.05) is 36.0 Å². The van der Waals surface area contributed by atoms with Crippen molar-refractivity contribution in [3.05, 3.63) is 64.6 Å². The molecule has 2 aromatic carbocycles. The number of methoxy groups -OCH3 is 1. The van der Waals surface area contributed by atoms with Crippen LogP contribution in [0.4, 0.5) is 0 Å². The minimum Gasteiger partial charge on any atom is -0.497 e. The summed E-state index contributed by atoms with van der Waals surface area (Å²) in [5.74, 6) is -0.352. The molecule has 0 aliphatic carbocycles. The Morgan fingerprint density at radius 3 is 2.66 bits per heavy atom. The van der Waals surface area contributed by atoms with E-state index in [4.69, 9.17) is 26.8 Å². The number of carboxylic acid groups (broad SMARTS) is 1. The van der Waals surface area contributed by atoms with Gasteiger partial charge in [-0.2, -0.15) is 10.1 Å². The Labute approximate surface area is 176 Å². The Morgan fingerprint density at radius 1 is 1.24 bits per heavy atom. The van der Waals surface area contributed by atoms with Gasteiger partial charge in [0.15, 0.2) is 10.9 Å². The van der Waals surface area contributed by atoms with E-state index in [1.807, 2.05) is 12.1 Å². The average Bonchev–Trinajstić information content (AvgIpc) is 2.98. The molecule has 1 N–H and O–H groups in total. The average molecular weight is 428 g/mol. The van der Waals surface area contributed by atoms with Crippen molar-refractivity contribution in [2.24, 2.45) is 5.10 Å². The Balaban J connectivity index is 1.76. The van der Waals surface area contributed by atoms with Gasteiger partial charge in [0.2, 0.25) is 0 Å². The van der Waals surface area contributed by atoms with Crippen LogP contribution in [-0.4, -0.2) is 46.2 Å². The Hall–Kier alpha value is -3.17. The lowest BCUT2D eigenvalue weighted by atomic mass is 10.2. The Kier molecular flexibility index (Phi) is 6.63. The fourth-order valence-corrected chi connectivity index (χ4v) is 3.56. The summed E-state index contributed by atoms with van der Waals surface area (Å²) in [4.78, 5) is 23.8. The molecule has 7 nitrogen and oxygen atoms in total. The van der Waals surface area contributed by atoms with Gasteiger partial charge >= 0.3 is 5.97 Å². The topological polar surface area (TPSA) is 88.4 Å². The number of hydrazone groups is 1. The number of thiocarbonyl (C=S) groups is 1. The first-order valence-electron chi connectivity index (χ1n) is 8.37. The number of carboxylic acids is 1. The number of amides is 1. The highest BCUT2D eigenvalue weighted by Crippen LogP contribution is 2.33. The number of carbonyl (C=O) groups is 2. The molecule has 9 heteroatoms.